The molecule has 0 fully saturated rings. The molecule has 0 radical (unpaired) electrons. The maximum atomic E-state index is 13.0. The summed E-state index contributed by atoms with van der Waals surface area (Å²) >= 11 is 11.4. The van der Waals surface area contributed by atoms with Gasteiger partial charge in [-0.05, 0) is 48.8 Å². The maximum absolute atomic E-state index is 13.0. The molecule has 134 valence electrons. The molecule has 25 heavy (non-hydrogen) atoms. The zero-order chi connectivity index (χ0) is 18.6. The van der Waals surface area contributed by atoms with Crippen molar-refractivity contribution in [2.45, 2.75) is 26.6 Å². The molecule has 0 aromatic heterocycles. The summed E-state index contributed by atoms with van der Waals surface area (Å²) in [6, 6.07) is 12.5. The molecule has 1 N–H and O–H groups in total. The van der Waals surface area contributed by atoms with Crippen molar-refractivity contribution in [2.24, 2.45) is 0 Å². The van der Waals surface area contributed by atoms with E-state index in [1.807, 2.05) is 26.0 Å². The minimum absolute atomic E-state index is 0.0185. The van der Waals surface area contributed by atoms with E-state index in [-0.39, 0.29) is 11.7 Å². The van der Waals surface area contributed by atoms with Crippen LogP contribution in [0.4, 0.5) is 18.9 Å². The highest BCUT2D eigenvalue weighted by Gasteiger charge is 2.32. The number of aryl methyl sites for hydroxylation is 2. The molecule has 0 bridgehead atoms. The van der Waals surface area contributed by atoms with E-state index in [2.05, 4.69) is 5.32 Å². The van der Waals surface area contributed by atoms with Gasteiger partial charge in [-0.25, -0.2) is 0 Å². The third-order valence-corrected chi connectivity index (χ3v) is 4.20. The van der Waals surface area contributed by atoms with E-state index in [1.165, 1.54) is 0 Å². The van der Waals surface area contributed by atoms with Crippen LogP contribution in [0.3, 0.4) is 0 Å². The molecule has 2 aromatic rings. The van der Waals surface area contributed by atoms with Gasteiger partial charge in [0.1, 0.15) is 6.54 Å². The normalized spacial score (nSPS) is 11.3. The monoisotopic (exact) mass is 386 g/mol. The van der Waals surface area contributed by atoms with Crippen LogP contribution in [-0.2, 0) is 6.54 Å². The standard InChI is InChI=1S/C18H18ClF3N2S/c1-12-8-13(2)16(15(19)9-12)23-17(25)24(11-18(20,21)22)10-14-6-4-3-5-7-14/h3-9H,10-11H2,1-2H3,(H,23,25). The molecule has 2 nitrogen and oxygen atoms in total. The number of anilines is 1. The average molecular weight is 387 g/mol. The molecule has 0 aliphatic heterocycles. The molecular weight excluding hydrogens is 369 g/mol. The predicted molar refractivity (Wildman–Crippen MR) is 100 cm³/mol. The van der Waals surface area contributed by atoms with Gasteiger partial charge in [0.25, 0.3) is 0 Å². The van der Waals surface area contributed by atoms with Crippen molar-refractivity contribution >= 4 is 34.6 Å². The molecule has 0 aliphatic carbocycles. The summed E-state index contributed by atoms with van der Waals surface area (Å²) in [6.07, 6.45) is -4.37. The third kappa shape index (κ3) is 5.90. The van der Waals surface area contributed by atoms with E-state index in [0.29, 0.717) is 10.7 Å². The molecule has 0 spiro atoms. The fourth-order valence-corrected chi connectivity index (χ4v) is 3.08. The second-order valence-corrected chi connectivity index (χ2v) is 6.62. The van der Waals surface area contributed by atoms with Crippen molar-refractivity contribution in [2.75, 3.05) is 11.9 Å². The number of rotatable bonds is 4. The summed E-state index contributed by atoms with van der Waals surface area (Å²) in [5, 5.41) is 3.28. The van der Waals surface area contributed by atoms with Gasteiger partial charge in [-0.15, -0.1) is 0 Å². The van der Waals surface area contributed by atoms with Crippen molar-refractivity contribution in [3.63, 3.8) is 0 Å². The summed E-state index contributed by atoms with van der Waals surface area (Å²) < 4.78 is 38.9. The minimum Gasteiger partial charge on any atom is -0.336 e. The second-order valence-electron chi connectivity index (χ2n) is 5.83. The number of hydrogen-bond donors (Lipinski definition) is 1. The van der Waals surface area contributed by atoms with E-state index < -0.39 is 12.7 Å². The average Bonchev–Trinajstić information content (AvgIpc) is 2.49. The smallest absolute Gasteiger partial charge is 0.336 e. The molecule has 0 unspecified atom stereocenters. The zero-order valence-corrected chi connectivity index (χ0v) is 15.4. The van der Waals surface area contributed by atoms with Crippen LogP contribution < -0.4 is 5.32 Å². The lowest BCUT2D eigenvalue weighted by atomic mass is 10.1. The Hall–Kier alpha value is -1.79. The molecule has 0 saturated carbocycles. The minimum atomic E-state index is -4.37. The first-order valence-corrected chi connectivity index (χ1v) is 8.37. The quantitative estimate of drug-likeness (QED) is 0.677. The Kier molecular flexibility index (Phi) is 6.30. The summed E-state index contributed by atoms with van der Waals surface area (Å²) in [5.74, 6) is 0. The lowest BCUT2D eigenvalue weighted by Gasteiger charge is -2.27. The maximum Gasteiger partial charge on any atom is 0.406 e. The van der Waals surface area contributed by atoms with Gasteiger partial charge in [-0.1, -0.05) is 48.0 Å². The summed E-state index contributed by atoms with van der Waals surface area (Å²) in [6.45, 7) is 2.63. The van der Waals surface area contributed by atoms with Crippen LogP contribution in [0.25, 0.3) is 0 Å². The van der Waals surface area contributed by atoms with E-state index in [1.54, 1.807) is 30.3 Å². The van der Waals surface area contributed by atoms with Crippen LogP contribution in [0.15, 0.2) is 42.5 Å². The first-order valence-electron chi connectivity index (χ1n) is 7.59. The summed E-state index contributed by atoms with van der Waals surface area (Å²) in [5.41, 5.74) is 3.05. The number of nitrogens with one attached hydrogen (secondary N) is 1. The van der Waals surface area contributed by atoms with Gasteiger partial charge in [0, 0.05) is 6.54 Å². The van der Waals surface area contributed by atoms with E-state index >= 15 is 0 Å². The molecule has 7 heteroatoms. The third-order valence-electron chi connectivity index (χ3n) is 3.54. The molecule has 0 heterocycles. The lowest BCUT2D eigenvalue weighted by molar-refractivity contribution is -0.138. The number of thiocarbonyl (C=S) groups is 1. The summed E-state index contributed by atoms with van der Waals surface area (Å²) in [4.78, 5) is 1.08. The van der Waals surface area contributed by atoms with Crippen LogP contribution >= 0.6 is 23.8 Å². The van der Waals surface area contributed by atoms with Gasteiger partial charge in [0.15, 0.2) is 5.11 Å². The SMILES string of the molecule is Cc1cc(C)c(NC(=S)N(Cc2ccccc2)CC(F)(F)F)c(Cl)c1. The van der Waals surface area contributed by atoms with E-state index in [9.17, 15) is 13.2 Å². The number of hydrogen-bond acceptors (Lipinski definition) is 1. The van der Waals surface area contributed by atoms with Crippen LogP contribution in [0, 0.1) is 13.8 Å². The second kappa shape index (κ2) is 8.06. The van der Waals surface area contributed by atoms with E-state index in [4.69, 9.17) is 23.8 Å². The van der Waals surface area contributed by atoms with Gasteiger partial charge >= 0.3 is 6.18 Å². The highest BCUT2D eigenvalue weighted by molar-refractivity contribution is 7.80. The molecular formula is C18H18ClF3N2S. The van der Waals surface area contributed by atoms with Crippen molar-refractivity contribution in [1.29, 1.82) is 0 Å². The predicted octanol–water partition coefficient (Wildman–Crippen LogP) is 5.72. The molecule has 0 atom stereocenters. The Morgan fingerprint density at radius 2 is 1.80 bits per heavy atom. The zero-order valence-electron chi connectivity index (χ0n) is 13.8. The highest BCUT2D eigenvalue weighted by atomic mass is 35.5. The Morgan fingerprint density at radius 1 is 1.16 bits per heavy atom. The molecule has 0 aliphatic rings. The van der Waals surface area contributed by atoms with Gasteiger partial charge in [0.2, 0.25) is 0 Å². The van der Waals surface area contributed by atoms with Crippen LogP contribution in [0.1, 0.15) is 16.7 Å². The first kappa shape index (κ1) is 19.5. The largest absolute Gasteiger partial charge is 0.406 e. The van der Waals surface area contributed by atoms with Crippen molar-refractivity contribution in [1.82, 2.24) is 4.90 Å². The van der Waals surface area contributed by atoms with Gasteiger partial charge in [-0.2, -0.15) is 13.2 Å². The van der Waals surface area contributed by atoms with Crippen LogP contribution in [0.5, 0.6) is 0 Å². The molecule has 0 amide bonds. The lowest BCUT2D eigenvalue weighted by Crippen LogP contribution is -2.41. The number of alkyl halides is 3. The fourth-order valence-electron chi connectivity index (χ4n) is 2.48. The van der Waals surface area contributed by atoms with Gasteiger partial charge in [0.05, 0.1) is 10.7 Å². The van der Waals surface area contributed by atoms with Crippen LogP contribution in [-0.4, -0.2) is 22.7 Å². The molecule has 0 saturated heterocycles. The molecule has 2 aromatic carbocycles. The van der Waals surface area contributed by atoms with Gasteiger partial charge < -0.3 is 10.2 Å². The number of nitrogens with zero attached hydrogens (tertiary/aromatic N) is 1. The number of benzene rings is 2. The Balaban J connectivity index is 2.23. The number of halogens is 4. The van der Waals surface area contributed by atoms with Crippen molar-refractivity contribution < 1.29 is 13.2 Å². The fraction of sp³-hybridized carbons (Fsp3) is 0.278. The highest BCUT2D eigenvalue weighted by Crippen LogP contribution is 2.28. The Bertz CT molecular complexity index is 725. The van der Waals surface area contributed by atoms with E-state index in [0.717, 1.165) is 21.6 Å². The van der Waals surface area contributed by atoms with Crippen molar-refractivity contribution in [3.05, 3.63) is 64.2 Å². The topological polar surface area (TPSA) is 15.3 Å². The Labute approximate surface area is 155 Å². The molecule has 2 rings (SSSR count). The van der Waals surface area contributed by atoms with Gasteiger partial charge in [-0.3, -0.25) is 0 Å². The summed E-state index contributed by atoms with van der Waals surface area (Å²) in [7, 11) is 0. The van der Waals surface area contributed by atoms with Crippen LogP contribution in [0.2, 0.25) is 5.02 Å². The first-order chi connectivity index (χ1) is 11.7. The van der Waals surface area contributed by atoms with Crippen molar-refractivity contribution in [3.8, 4) is 0 Å². The Morgan fingerprint density at radius 3 is 2.36 bits per heavy atom.